The van der Waals surface area contributed by atoms with Crippen molar-refractivity contribution in [2.45, 2.75) is 31.2 Å². The van der Waals surface area contributed by atoms with Crippen LogP contribution in [0.2, 0.25) is 0 Å². The smallest absolute Gasteiger partial charge is 0.215 e. The molecule has 0 aromatic heterocycles. The summed E-state index contributed by atoms with van der Waals surface area (Å²) in [4.78, 5) is 0. The zero-order valence-electron chi connectivity index (χ0n) is 13.4. The Labute approximate surface area is 137 Å². The molecule has 2 N–H and O–H groups in total. The van der Waals surface area contributed by atoms with Crippen LogP contribution in [0, 0.1) is 5.82 Å². The molecule has 2 aliphatic rings. The summed E-state index contributed by atoms with van der Waals surface area (Å²) in [5.74, 6) is 0.192. The molecule has 2 aliphatic heterocycles. The zero-order valence-corrected chi connectivity index (χ0v) is 14.2. The molecule has 2 heterocycles. The highest BCUT2D eigenvalue weighted by Crippen LogP contribution is 2.30. The first-order valence-electron chi connectivity index (χ1n) is 8.07. The van der Waals surface area contributed by atoms with E-state index in [4.69, 9.17) is 0 Å². The van der Waals surface area contributed by atoms with Gasteiger partial charge in [-0.3, -0.25) is 5.32 Å². The van der Waals surface area contributed by atoms with Gasteiger partial charge in [0.25, 0.3) is 0 Å². The molecular formula is C16H24FN3O2S. The molecule has 1 aromatic rings. The van der Waals surface area contributed by atoms with Gasteiger partial charge in [0.05, 0.1) is 5.75 Å². The monoisotopic (exact) mass is 341 g/mol. The number of nitrogens with zero attached hydrogens (tertiary/aromatic N) is 1. The van der Waals surface area contributed by atoms with Crippen molar-refractivity contribution in [3.05, 3.63) is 35.6 Å². The van der Waals surface area contributed by atoms with E-state index in [9.17, 15) is 12.8 Å². The van der Waals surface area contributed by atoms with Crippen LogP contribution in [0.5, 0.6) is 0 Å². The Hall–Kier alpha value is -1.02. The molecule has 2 fully saturated rings. The van der Waals surface area contributed by atoms with Crippen molar-refractivity contribution in [2.24, 2.45) is 0 Å². The van der Waals surface area contributed by atoms with Gasteiger partial charge in [-0.1, -0.05) is 12.1 Å². The number of hydrogen-bond acceptors (Lipinski definition) is 4. The third kappa shape index (κ3) is 3.91. The van der Waals surface area contributed by atoms with Crippen LogP contribution in [0.4, 0.5) is 4.39 Å². The lowest BCUT2D eigenvalue weighted by Gasteiger charge is -2.34. The van der Waals surface area contributed by atoms with Crippen molar-refractivity contribution >= 4 is 10.0 Å². The standard InChI is InChI=1S/C16H24FN3O2S/c1-16(10-18-12-19-16)11-23(21,22)20-8-6-14(7-9-20)13-2-4-15(17)5-3-13/h2-5,14,18-19H,6-12H2,1H3/t16-/m0/s1. The van der Waals surface area contributed by atoms with Crippen molar-refractivity contribution in [3.8, 4) is 0 Å². The van der Waals surface area contributed by atoms with E-state index in [0.717, 1.165) is 18.4 Å². The minimum atomic E-state index is -3.27. The van der Waals surface area contributed by atoms with Crippen LogP contribution in [0.1, 0.15) is 31.2 Å². The van der Waals surface area contributed by atoms with E-state index in [1.807, 2.05) is 6.92 Å². The highest BCUT2D eigenvalue weighted by molar-refractivity contribution is 7.89. The second-order valence-corrected chi connectivity index (χ2v) is 8.79. The van der Waals surface area contributed by atoms with Crippen LogP contribution >= 0.6 is 0 Å². The van der Waals surface area contributed by atoms with Crippen molar-refractivity contribution in [1.82, 2.24) is 14.9 Å². The molecule has 0 radical (unpaired) electrons. The van der Waals surface area contributed by atoms with Gasteiger partial charge in [-0.05, 0) is 43.4 Å². The highest BCUT2D eigenvalue weighted by atomic mass is 32.2. The van der Waals surface area contributed by atoms with Gasteiger partial charge in [0, 0.05) is 31.8 Å². The Morgan fingerprint density at radius 3 is 2.48 bits per heavy atom. The first-order chi connectivity index (χ1) is 10.9. The number of piperidine rings is 1. The average Bonchev–Trinajstić information content (AvgIpc) is 2.93. The quantitative estimate of drug-likeness (QED) is 0.865. The minimum absolute atomic E-state index is 0.119. The van der Waals surface area contributed by atoms with Gasteiger partial charge in [0.15, 0.2) is 0 Å². The van der Waals surface area contributed by atoms with Gasteiger partial charge < -0.3 is 5.32 Å². The summed E-state index contributed by atoms with van der Waals surface area (Å²) in [5, 5.41) is 6.36. The van der Waals surface area contributed by atoms with E-state index >= 15 is 0 Å². The second kappa shape index (κ2) is 6.47. The van der Waals surface area contributed by atoms with Crippen LogP contribution in [0.15, 0.2) is 24.3 Å². The molecule has 23 heavy (non-hydrogen) atoms. The molecule has 0 aliphatic carbocycles. The van der Waals surface area contributed by atoms with Crippen LogP contribution in [-0.4, -0.2) is 50.3 Å². The Kier molecular flexibility index (Phi) is 4.73. The number of rotatable bonds is 4. The summed E-state index contributed by atoms with van der Waals surface area (Å²) >= 11 is 0. The largest absolute Gasteiger partial charge is 0.303 e. The van der Waals surface area contributed by atoms with E-state index in [-0.39, 0.29) is 11.6 Å². The molecule has 0 unspecified atom stereocenters. The highest BCUT2D eigenvalue weighted by Gasteiger charge is 2.37. The predicted octanol–water partition coefficient (Wildman–Crippen LogP) is 1.24. The molecule has 1 aromatic carbocycles. The fourth-order valence-corrected chi connectivity index (χ4v) is 5.43. The van der Waals surface area contributed by atoms with E-state index in [0.29, 0.717) is 32.2 Å². The summed E-state index contributed by atoms with van der Waals surface area (Å²) in [7, 11) is -3.27. The summed E-state index contributed by atoms with van der Waals surface area (Å²) in [5.41, 5.74) is 0.698. The molecule has 5 nitrogen and oxygen atoms in total. The number of sulfonamides is 1. The number of halogens is 1. The summed E-state index contributed by atoms with van der Waals surface area (Å²) in [6.07, 6.45) is 1.57. The van der Waals surface area contributed by atoms with Gasteiger partial charge in [-0.2, -0.15) is 0 Å². The topological polar surface area (TPSA) is 61.4 Å². The van der Waals surface area contributed by atoms with Gasteiger partial charge >= 0.3 is 0 Å². The lowest BCUT2D eigenvalue weighted by atomic mass is 9.90. The van der Waals surface area contributed by atoms with E-state index < -0.39 is 15.6 Å². The third-order valence-electron chi connectivity index (χ3n) is 4.85. The first-order valence-corrected chi connectivity index (χ1v) is 9.68. The molecule has 0 amide bonds. The Morgan fingerprint density at radius 2 is 1.91 bits per heavy atom. The van der Waals surface area contributed by atoms with Gasteiger partial charge in [0.1, 0.15) is 5.82 Å². The van der Waals surface area contributed by atoms with Crippen LogP contribution in [0.3, 0.4) is 0 Å². The Balaban J connectivity index is 1.60. The van der Waals surface area contributed by atoms with Crippen molar-refractivity contribution < 1.29 is 12.8 Å². The fraction of sp³-hybridized carbons (Fsp3) is 0.625. The van der Waals surface area contributed by atoms with Crippen LogP contribution in [0.25, 0.3) is 0 Å². The molecule has 128 valence electrons. The molecule has 0 bridgehead atoms. The van der Waals surface area contributed by atoms with Crippen molar-refractivity contribution in [3.63, 3.8) is 0 Å². The van der Waals surface area contributed by atoms with E-state index in [2.05, 4.69) is 10.6 Å². The second-order valence-electron chi connectivity index (χ2n) is 6.82. The SMILES string of the molecule is C[C@@]1(CS(=O)(=O)N2CCC(c3ccc(F)cc3)CC2)CNCN1. The molecule has 0 spiro atoms. The van der Waals surface area contributed by atoms with Gasteiger partial charge in [-0.15, -0.1) is 0 Å². The Morgan fingerprint density at radius 1 is 1.26 bits per heavy atom. The summed E-state index contributed by atoms with van der Waals surface area (Å²) in [6, 6.07) is 6.55. The van der Waals surface area contributed by atoms with Gasteiger partial charge in [-0.25, -0.2) is 17.1 Å². The summed E-state index contributed by atoms with van der Waals surface area (Å²) < 4.78 is 39.9. The lowest BCUT2D eigenvalue weighted by molar-refractivity contribution is 0.315. The normalized spacial score (nSPS) is 27.4. The average molecular weight is 341 g/mol. The Bertz CT molecular complexity index is 634. The molecule has 2 saturated heterocycles. The number of hydrogen-bond donors (Lipinski definition) is 2. The van der Waals surface area contributed by atoms with Gasteiger partial charge in [0.2, 0.25) is 10.0 Å². The lowest BCUT2D eigenvalue weighted by Crippen LogP contribution is -2.50. The maximum absolute atomic E-state index is 13.0. The van der Waals surface area contributed by atoms with E-state index in [1.165, 1.54) is 12.1 Å². The molecule has 0 saturated carbocycles. The maximum atomic E-state index is 13.0. The minimum Gasteiger partial charge on any atom is -0.303 e. The number of benzene rings is 1. The van der Waals surface area contributed by atoms with Crippen molar-refractivity contribution in [2.75, 3.05) is 32.1 Å². The molecule has 7 heteroatoms. The fourth-order valence-electron chi connectivity index (χ4n) is 3.47. The third-order valence-corrected chi connectivity index (χ3v) is 7.00. The number of nitrogens with one attached hydrogen (secondary N) is 2. The van der Waals surface area contributed by atoms with Crippen molar-refractivity contribution in [1.29, 1.82) is 0 Å². The first kappa shape index (κ1) is 16.8. The molecule has 1 atom stereocenters. The maximum Gasteiger partial charge on any atom is 0.215 e. The molecule has 3 rings (SSSR count). The predicted molar refractivity (Wildman–Crippen MR) is 88.1 cm³/mol. The zero-order chi connectivity index (χ0) is 16.5. The summed E-state index contributed by atoms with van der Waals surface area (Å²) in [6.45, 7) is 4.33. The van der Waals surface area contributed by atoms with Crippen LogP contribution < -0.4 is 10.6 Å². The van der Waals surface area contributed by atoms with Crippen LogP contribution in [-0.2, 0) is 10.0 Å². The van der Waals surface area contributed by atoms with E-state index in [1.54, 1.807) is 16.4 Å². The molecular weight excluding hydrogens is 317 g/mol.